The summed E-state index contributed by atoms with van der Waals surface area (Å²) in [5, 5.41) is 8.28. The summed E-state index contributed by atoms with van der Waals surface area (Å²) in [7, 11) is 3.73. The maximum Gasteiger partial charge on any atom is 0.111 e. The molecule has 0 saturated carbocycles. The van der Waals surface area contributed by atoms with Crippen molar-refractivity contribution in [3.63, 3.8) is 0 Å². The number of fused-ring (bicyclic) bond motifs is 1. The van der Waals surface area contributed by atoms with Crippen LogP contribution in [0.4, 0.5) is 5.69 Å². The number of hydrogen-bond acceptors (Lipinski definition) is 4. The minimum Gasteiger partial charge on any atom is -0.397 e. The third kappa shape index (κ3) is 1.37. The van der Waals surface area contributed by atoms with Crippen LogP contribution in [0.2, 0.25) is 0 Å². The Labute approximate surface area is 97.7 Å². The number of pyridine rings is 1. The standard InChI is InChI=1S/C11H12N6/c1-16-10(3-4-13-16)8-5-7(12)11-9(15-8)6-14-17(11)2/h3-6H,1-2H3,(H2,12,15). The molecule has 6 nitrogen and oxygen atoms in total. The summed E-state index contributed by atoms with van der Waals surface area (Å²) in [5.74, 6) is 0. The van der Waals surface area contributed by atoms with Gasteiger partial charge in [0.25, 0.3) is 0 Å². The number of hydrogen-bond donors (Lipinski definition) is 1. The van der Waals surface area contributed by atoms with Gasteiger partial charge in [-0.15, -0.1) is 0 Å². The van der Waals surface area contributed by atoms with Crippen LogP contribution in [0.5, 0.6) is 0 Å². The summed E-state index contributed by atoms with van der Waals surface area (Å²) in [5.41, 5.74) is 10.1. The Morgan fingerprint density at radius 2 is 2.00 bits per heavy atom. The second kappa shape index (κ2) is 3.31. The second-order valence-corrected chi connectivity index (χ2v) is 3.94. The minimum atomic E-state index is 0.672. The quantitative estimate of drug-likeness (QED) is 0.673. The SMILES string of the molecule is Cn1nccc1-c1cc(N)c2c(cnn2C)n1. The second-order valence-electron chi connectivity index (χ2n) is 3.94. The van der Waals surface area contributed by atoms with E-state index in [1.165, 1.54) is 0 Å². The lowest BCUT2D eigenvalue weighted by Crippen LogP contribution is -1.99. The summed E-state index contributed by atoms with van der Waals surface area (Å²) >= 11 is 0. The molecule has 0 radical (unpaired) electrons. The summed E-state index contributed by atoms with van der Waals surface area (Å²) in [4.78, 5) is 4.54. The van der Waals surface area contributed by atoms with E-state index in [9.17, 15) is 0 Å². The fourth-order valence-corrected chi connectivity index (χ4v) is 1.98. The van der Waals surface area contributed by atoms with E-state index >= 15 is 0 Å². The van der Waals surface area contributed by atoms with Gasteiger partial charge in [-0.05, 0) is 12.1 Å². The predicted molar refractivity (Wildman–Crippen MR) is 65.1 cm³/mol. The molecule has 0 fully saturated rings. The van der Waals surface area contributed by atoms with Crippen molar-refractivity contribution in [3.05, 3.63) is 24.5 Å². The fourth-order valence-electron chi connectivity index (χ4n) is 1.98. The van der Waals surface area contributed by atoms with Crippen LogP contribution in [0.15, 0.2) is 24.5 Å². The van der Waals surface area contributed by atoms with Crippen molar-refractivity contribution in [2.75, 3.05) is 5.73 Å². The topological polar surface area (TPSA) is 74.6 Å². The molecular formula is C11H12N6. The Morgan fingerprint density at radius 3 is 2.71 bits per heavy atom. The van der Waals surface area contributed by atoms with Gasteiger partial charge in [-0.3, -0.25) is 9.36 Å². The first kappa shape index (κ1) is 9.83. The molecule has 0 atom stereocenters. The Morgan fingerprint density at radius 1 is 1.18 bits per heavy atom. The van der Waals surface area contributed by atoms with E-state index in [1.54, 1.807) is 21.8 Å². The zero-order chi connectivity index (χ0) is 12.0. The molecule has 3 aromatic rings. The molecule has 2 N–H and O–H groups in total. The summed E-state index contributed by atoms with van der Waals surface area (Å²) in [6.07, 6.45) is 3.45. The van der Waals surface area contributed by atoms with Gasteiger partial charge in [0.2, 0.25) is 0 Å². The Balaban J connectivity index is 2.30. The molecule has 0 saturated heterocycles. The van der Waals surface area contributed by atoms with E-state index in [4.69, 9.17) is 5.73 Å². The van der Waals surface area contributed by atoms with Gasteiger partial charge in [-0.1, -0.05) is 0 Å². The van der Waals surface area contributed by atoms with Crippen molar-refractivity contribution in [2.24, 2.45) is 14.1 Å². The highest BCUT2D eigenvalue weighted by Gasteiger charge is 2.10. The number of aromatic nitrogens is 5. The molecule has 0 aliphatic rings. The van der Waals surface area contributed by atoms with Gasteiger partial charge >= 0.3 is 0 Å². The minimum absolute atomic E-state index is 0.672. The number of nitrogen functional groups attached to an aromatic ring is 1. The lowest BCUT2D eigenvalue weighted by Gasteiger charge is -2.04. The zero-order valence-corrected chi connectivity index (χ0v) is 9.62. The van der Waals surface area contributed by atoms with E-state index in [2.05, 4.69) is 15.2 Å². The van der Waals surface area contributed by atoms with Crippen LogP contribution in [-0.4, -0.2) is 24.5 Å². The average Bonchev–Trinajstić information content (AvgIpc) is 2.85. The number of nitrogens with zero attached hydrogens (tertiary/aromatic N) is 5. The van der Waals surface area contributed by atoms with Gasteiger partial charge in [0.15, 0.2) is 0 Å². The monoisotopic (exact) mass is 228 g/mol. The Hall–Kier alpha value is -2.37. The normalized spacial score (nSPS) is 11.2. The molecule has 0 aromatic carbocycles. The summed E-state index contributed by atoms with van der Waals surface area (Å²) in [6.45, 7) is 0. The number of aryl methyl sites for hydroxylation is 2. The van der Waals surface area contributed by atoms with Crippen LogP contribution >= 0.6 is 0 Å². The molecular weight excluding hydrogens is 216 g/mol. The highest BCUT2D eigenvalue weighted by Crippen LogP contribution is 2.25. The van der Waals surface area contributed by atoms with E-state index in [-0.39, 0.29) is 0 Å². The van der Waals surface area contributed by atoms with E-state index in [0.29, 0.717) is 5.69 Å². The van der Waals surface area contributed by atoms with Gasteiger partial charge < -0.3 is 5.73 Å². The van der Waals surface area contributed by atoms with Crippen LogP contribution in [0.3, 0.4) is 0 Å². The van der Waals surface area contributed by atoms with Crippen molar-refractivity contribution < 1.29 is 0 Å². The molecule has 3 heterocycles. The Kier molecular flexibility index (Phi) is 1.91. The number of nitrogens with two attached hydrogens (primary N) is 1. The van der Waals surface area contributed by atoms with Gasteiger partial charge in [0.1, 0.15) is 11.0 Å². The fraction of sp³-hybridized carbons (Fsp3) is 0.182. The molecule has 0 aliphatic heterocycles. The van der Waals surface area contributed by atoms with Crippen LogP contribution in [0.25, 0.3) is 22.4 Å². The van der Waals surface area contributed by atoms with Crippen molar-refractivity contribution in [1.29, 1.82) is 0 Å². The maximum absolute atomic E-state index is 6.03. The third-order valence-corrected chi connectivity index (χ3v) is 2.81. The van der Waals surface area contributed by atoms with Crippen LogP contribution in [0.1, 0.15) is 0 Å². The highest BCUT2D eigenvalue weighted by molar-refractivity contribution is 5.89. The number of rotatable bonds is 1. The van der Waals surface area contributed by atoms with Crippen LogP contribution in [-0.2, 0) is 14.1 Å². The van der Waals surface area contributed by atoms with Crippen LogP contribution in [0, 0.1) is 0 Å². The molecule has 0 unspecified atom stereocenters. The van der Waals surface area contributed by atoms with Gasteiger partial charge in [0.05, 0.1) is 23.3 Å². The first-order valence-corrected chi connectivity index (χ1v) is 5.23. The van der Waals surface area contributed by atoms with Crippen molar-refractivity contribution in [1.82, 2.24) is 24.5 Å². The smallest absolute Gasteiger partial charge is 0.111 e. The van der Waals surface area contributed by atoms with E-state index in [0.717, 1.165) is 22.4 Å². The maximum atomic E-state index is 6.03. The zero-order valence-electron chi connectivity index (χ0n) is 9.62. The largest absolute Gasteiger partial charge is 0.397 e. The predicted octanol–water partition coefficient (Wildman–Crippen LogP) is 0.951. The van der Waals surface area contributed by atoms with Crippen molar-refractivity contribution >= 4 is 16.7 Å². The van der Waals surface area contributed by atoms with Gasteiger partial charge in [-0.2, -0.15) is 10.2 Å². The Bertz CT molecular complexity index is 693. The van der Waals surface area contributed by atoms with Crippen LogP contribution < -0.4 is 5.73 Å². The molecule has 86 valence electrons. The van der Waals surface area contributed by atoms with E-state index in [1.807, 2.05) is 26.2 Å². The van der Waals surface area contributed by atoms with Crippen molar-refractivity contribution in [2.45, 2.75) is 0 Å². The van der Waals surface area contributed by atoms with Gasteiger partial charge in [-0.25, -0.2) is 4.98 Å². The lowest BCUT2D eigenvalue weighted by molar-refractivity contribution is 0.774. The average molecular weight is 228 g/mol. The molecule has 0 bridgehead atoms. The van der Waals surface area contributed by atoms with Gasteiger partial charge in [0, 0.05) is 20.3 Å². The summed E-state index contributed by atoms with van der Waals surface area (Å²) < 4.78 is 3.49. The number of anilines is 1. The first-order valence-electron chi connectivity index (χ1n) is 5.23. The first-order chi connectivity index (χ1) is 8.16. The van der Waals surface area contributed by atoms with E-state index < -0.39 is 0 Å². The molecule has 17 heavy (non-hydrogen) atoms. The molecule has 3 aromatic heterocycles. The molecule has 6 heteroatoms. The third-order valence-electron chi connectivity index (χ3n) is 2.81. The summed E-state index contributed by atoms with van der Waals surface area (Å²) in [6, 6.07) is 3.75. The lowest BCUT2D eigenvalue weighted by atomic mass is 10.2. The molecule has 3 rings (SSSR count). The van der Waals surface area contributed by atoms with Crippen molar-refractivity contribution in [3.8, 4) is 11.4 Å². The highest BCUT2D eigenvalue weighted by atomic mass is 15.3. The molecule has 0 amide bonds. The molecule has 0 spiro atoms. The molecule has 0 aliphatic carbocycles.